The zero-order valence-corrected chi connectivity index (χ0v) is 50.2. The maximum Gasteiger partial charge on any atom is 0.340 e. The molecule has 4 aromatic carbocycles. The lowest BCUT2D eigenvalue weighted by molar-refractivity contribution is 0.0598. The van der Waals surface area contributed by atoms with Gasteiger partial charge in [0.15, 0.2) is 40.1 Å². The third kappa shape index (κ3) is 15.0. The van der Waals surface area contributed by atoms with Crippen LogP contribution in [0.15, 0.2) is 110 Å². The molecule has 8 aromatic heterocycles. The number of pyridine rings is 1. The maximum atomic E-state index is 13.7. The van der Waals surface area contributed by atoms with E-state index in [-0.39, 0.29) is 112 Å². The van der Waals surface area contributed by atoms with Crippen molar-refractivity contribution >= 4 is 122 Å². The summed E-state index contributed by atoms with van der Waals surface area (Å²) in [4.78, 5) is 95.2. The number of methoxy groups -OCH3 is 1. The summed E-state index contributed by atoms with van der Waals surface area (Å²) < 4.78 is 49.5. The third-order valence-electron chi connectivity index (χ3n) is 13.0. The van der Waals surface area contributed by atoms with Crippen molar-refractivity contribution in [3.8, 4) is 30.8 Å². The third-order valence-corrected chi connectivity index (χ3v) is 13.3. The number of amides is 4. The molecule has 0 bridgehead atoms. The fourth-order valence-corrected chi connectivity index (χ4v) is 8.58. The first kappa shape index (κ1) is 68.2. The van der Waals surface area contributed by atoms with Crippen LogP contribution in [0.5, 0.6) is 0 Å². The topological polar surface area (TPSA) is 516 Å². The Balaban J connectivity index is 0.000000154. The number of aromatic nitrogens is 17. The molecule has 0 saturated heterocycles. The second-order valence-electron chi connectivity index (χ2n) is 19.2. The van der Waals surface area contributed by atoms with E-state index in [9.17, 15) is 66.8 Å². The fraction of sp³-hybridized carbons (Fsp3) is 0.0169. The van der Waals surface area contributed by atoms with E-state index in [0.29, 0.717) is 23.2 Å². The van der Waals surface area contributed by atoms with Crippen LogP contribution >= 0.6 is 11.6 Å². The summed E-state index contributed by atoms with van der Waals surface area (Å²) in [5.41, 5.74) is 11.9. The van der Waals surface area contributed by atoms with Gasteiger partial charge < -0.3 is 52.8 Å². The molecule has 0 fully saturated rings. The minimum Gasteiger partial charge on any atom is -0.478 e. The van der Waals surface area contributed by atoms with Crippen LogP contribution < -0.4 is 32.7 Å². The van der Waals surface area contributed by atoms with Crippen LogP contribution in [-0.4, -0.2) is 155 Å². The summed E-state index contributed by atoms with van der Waals surface area (Å²) in [5.74, 6) is -6.61. The number of carbonyl (C=O) groups is 8. The highest BCUT2D eigenvalue weighted by Crippen LogP contribution is 2.28. The molecule has 12 rings (SSSR count). The van der Waals surface area contributed by atoms with Gasteiger partial charge in [-0.3, -0.25) is 23.6 Å². The van der Waals surface area contributed by atoms with Crippen LogP contribution in [0.1, 0.15) is 106 Å². The van der Waals surface area contributed by atoms with Gasteiger partial charge in [0.25, 0.3) is 23.6 Å². The number of carbonyl (C=O) groups excluding carboxylic acids is 5. The lowest BCUT2D eigenvalue weighted by atomic mass is 10.1. The van der Waals surface area contributed by atoms with Gasteiger partial charge in [0, 0.05) is 17.8 Å². The quantitative estimate of drug-likeness (QED) is 0.0567. The molecule has 0 spiro atoms. The smallest absolute Gasteiger partial charge is 0.340 e. The van der Waals surface area contributed by atoms with Crippen molar-refractivity contribution in [1.82, 2.24) is 85.1 Å². The number of carboxylic acid groups (broad SMARTS) is 3. The van der Waals surface area contributed by atoms with Crippen molar-refractivity contribution in [2.45, 2.75) is 0 Å². The number of ether oxygens (including phenoxy) is 1. The standard InChI is InChI=1S/C16H7FN6O3.C15H10F2N4O3.C14H8ClN7O3.C14H11N7O3/c1-2-8-5-12(9(16(25)26)6-10(8)17)19-15(24)11-3-4-14-13(7-18)20-22-23(14)21-11;1-24-15(23)9-5-10(16)11(17)6-12(9)19-14(22)8-3-2-4-21-7-18-20-13(8)21;1-2-6-3-10(7(14(24)25)4-8(6)15)17-13(23)11-5-9(16)12-18-20-21-22(12)19-11;1-2-7-3-4-8(14(23)24)10(5-7)16-13(22)11-6-9(15)12-17-19-20-21(12)18-11/h1,3-6H,(H,19,24)(H,25,26);2-7H,1H3,(H,19,22);1,3-5H,16H2,(H,17,23)(H,24,25);2-6H,1,15H2,(H,16,22)(H,23,24). The molecule has 0 saturated carbocycles. The van der Waals surface area contributed by atoms with E-state index in [0.717, 1.165) is 39.2 Å². The van der Waals surface area contributed by atoms with Crippen molar-refractivity contribution in [3.63, 3.8) is 0 Å². The Morgan fingerprint density at radius 1 is 0.586 bits per heavy atom. The predicted molar refractivity (Wildman–Crippen MR) is 335 cm³/mol. The van der Waals surface area contributed by atoms with E-state index in [1.54, 1.807) is 18.3 Å². The summed E-state index contributed by atoms with van der Waals surface area (Å²) in [7, 11) is 1.09. The summed E-state index contributed by atoms with van der Waals surface area (Å²) in [6, 6.07) is 20.2. The lowest BCUT2D eigenvalue weighted by Gasteiger charge is -2.11. The highest BCUT2D eigenvalue weighted by atomic mass is 35.5. The largest absolute Gasteiger partial charge is 0.478 e. The van der Waals surface area contributed by atoms with Crippen molar-refractivity contribution in [2.75, 3.05) is 39.8 Å². The number of nitrogens with two attached hydrogens (primary N) is 2. The van der Waals surface area contributed by atoms with Crippen LogP contribution in [0, 0.1) is 53.5 Å². The first-order valence-electron chi connectivity index (χ1n) is 26.9. The summed E-state index contributed by atoms with van der Waals surface area (Å²) >= 11 is 5.90. The zero-order valence-electron chi connectivity index (χ0n) is 49.5. The number of benzene rings is 4. The molecule has 0 aliphatic heterocycles. The molecule has 492 valence electrons. The Hall–Kier alpha value is -15.2. The summed E-state index contributed by atoms with van der Waals surface area (Å²) in [5, 5.41) is 93.9. The SMILES string of the molecule is C#Cc1cc(NC(=O)c2cc(N)c3nnnn3n2)c(C(=O)O)cc1Cl.C#Cc1cc(NC(=O)c2ccc3c(C#N)nnn3n2)c(C(=O)O)cc1F.C=Cc1ccc(C(=O)O)c(NC(=O)c2cc(N)c3nnnn3n2)c1.COC(=O)c1cc(F)c(F)cc1NC(=O)c1cccn2cnnc12. The Morgan fingerprint density at radius 3 is 1.68 bits per heavy atom. The molecule has 99 heavy (non-hydrogen) atoms. The van der Waals surface area contributed by atoms with E-state index in [1.807, 2.05) is 6.07 Å². The van der Waals surface area contributed by atoms with Gasteiger partial charge in [0.05, 0.1) is 79.6 Å². The molecule has 40 heteroatoms. The average molecular weight is 1370 g/mol. The van der Waals surface area contributed by atoms with Crippen molar-refractivity contribution < 1.29 is 71.6 Å². The highest BCUT2D eigenvalue weighted by molar-refractivity contribution is 6.32. The first-order chi connectivity index (χ1) is 47.3. The minimum absolute atomic E-state index is 0.0352. The number of nitrogens with one attached hydrogen (secondary N) is 4. The molecule has 4 amide bonds. The molecule has 0 aliphatic carbocycles. The second-order valence-corrected chi connectivity index (χ2v) is 19.6. The van der Waals surface area contributed by atoms with Gasteiger partial charge in [-0.15, -0.1) is 67.5 Å². The van der Waals surface area contributed by atoms with Gasteiger partial charge in [-0.2, -0.15) is 5.26 Å². The molecule has 36 nitrogen and oxygen atoms in total. The highest BCUT2D eigenvalue weighted by Gasteiger charge is 2.24. The lowest BCUT2D eigenvalue weighted by Crippen LogP contribution is -2.18. The van der Waals surface area contributed by atoms with Gasteiger partial charge in [-0.1, -0.05) is 42.2 Å². The molecule has 0 aliphatic rings. The Labute approximate surface area is 552 Å². The number of tetrazole rings is 2. The van der Waals surface area contributed by atoms with Crippen molar-refractivity contribution in [1.29, 1.82) is 5.26 Å². The number of esters is 1. The van der Waals surface area contributed by atoms with E-state index in [4.69, 9.17) is 41.2 Å². The normalized spacial score (nSPS) is 10.4. The molecule has 0 unspecified atom stereocenters. The van der Waals surface area contributed by atoms with Gasteiger partial charge in [0.1, 0.15) is 23.7 Å². The number of carboxylic acids is 3. The second kappa shape index (κ2) is 29.2. The number of fused-ring (bicyclic) bond motifs is 4. The van der Waals surface area contributed by atoms with Crippen LogP contribution in [0.4, 0.5) is 47.3 Å². The first-order valence-corrected chi connectivity index (χ1v) is 27.2. The zero-order chi connectivity index (χ0) is 71.5. The Morgan fingerprint density at radius 2 is 1.11 bits per heavy atom. The number of anilines is 6. The van der Waals surface area contributed by atoms with E-state index >= 15 is 0 Å². The minimum atomic E-state index is -1.44. The molecular weight excluding hydrogens is 1330 g/mol. The van der Waals surface area contributed by atoms with Gasteiger partial charge in [0.2, 0.25) is 11.3 Å². The van der Waals surface area contributed by atoms with E-state index in [1.165, 1.54) is 65.3 Å². The van der Waals surface area contributed by atoms with Crippen LogP contribution in [0.2, 0.25) is 5.02 Å². The molecule has 12 aromatic rings. The molecule has 0 atom stereocenters. The monoisotopic (exact) mass is 1360 g/mol. The molecule has 11 N–H and O–H groups in total. The maximum absolute atomic E-state index is 13.7. The molecular formula is C59H36ClF3N24O12. The van der Waals surface area contributed by atoms with Crippen LogP contribution in [0.3, 0.4) is 0 Å². The number of nitrogens with zero attached hydrogens (tertiary/aromatic N) is 18. The Bertz CT molecular complexity index is 5500. The summed E-state index contributed by atoms with van der Waals surface area (Å²) in [6.45, 7) is 3.61. The van der Waals surface area contributed by atoms with Gasteiger partial charge >= 0.3 is 23.9 Å². The number of nitriles is 1. The van der Waals surface area contributed by atoms with Crippen LogP contribution in [0.25, 0.3) is 28.5 Å². The number of terminal acetylenes is 2. The fourth-order valence-electron chi connectivity index (χ4n) is 8.36. The number of hydrogen-bond donors (Lipinski definition) is 9. The van der Waals surface area contributed by atoms with Gasteiger partial charge in [-0.05, 0) is 110 Å². The molecule has 8 heterocycles. The number of aromatic carboxylic acids is 3. The van der Waals surface area contributed by atoms with Crippen LogP contribution in [-0.2, 0) is 4.74 Å². The Kier molecular flexibility index (Phi) is 20.1. The van der Waals surface area contributed by atoms with Gasteiger partial charge in [-0.25, -0.2) is 32.3 Å². The number of hydrogen-bond acceptors (Lipinski definition) is 25. The van der Waals surface area contributed by atoms with E-state index < -0.39 is 70.5 Å². The number of nitrogen functional groups attached to an aromatic ring is 2. The average Bonchev–Trinajstić information content (AvgIpc) is 1.81. The number of rotatable bonds is 13. The summed E-state index contributed by atoms with van der Waals surface area (Å²) in [6.07, 6.45) is 15.0. The van der Waals surface area contributed by atoms with Crippen molar-refractivity contribution in [3.05, 3.63) is 200 Å². The number of halogens is 4. The van der Waals surface area contributed by atoms with Crippen molar-refractivity contribution in [2.24, 2.45) is 0 Å². The molecule has 0 radical (unpaired) electrons. The predicted octanol–water partition coefficient (Wildman–Crippen LogP) is 4.49. The van der Waals surface area contributed by atoms with E-state index in [2.05, 4.69) is 111 Å².